The van der Waals surface area contributed by atoms with E-state index in [9.17, 15) is 113 Å². The van der Waals surface area contributed by atoms with Crippen LogP contribution in [0.5, 0.6) is 17.2 Å². The number of nitrogens with zero attached hydrogens (tertiary/aromatic N) is 10. The fraction of sp³-hybridized carbons (Fsp3) is 0.667. The molecule has 3 heterocycles. The number of carbonyl (C=O) groups is 2. The highest BCUT2D eigenvalue weighted by molar-refractivity contribution is 7.86. The average molecular weight is 1680 g/mol. The van der Waals surface area contributed by atoms with E-state index < -0.39 is 51.1 Å². The van der Waals surface area contributed by atoms with Gasteiger partial charge < -0.3 is 113 Å². The van der Waals surface area contributed by atoms with Crippen molar-refractivity contribution in [3.8, 4) is 17.2 Å². The second-order valence-electron chi connectivity index (χ2n) is 25.1. The van der Waals surface area contributed by atoms with Crippen LogP contribution in [0.15, 0.2) is 36.4 Å². The number of aliphatic hydroxyl groups is 7. The number of anilines is 3. The molecule has 11 N–H and O–H groups in total. The van der Waals surface area contributed by atoms with E-state index in [-0.39, 0.29) is 193 Å². The van der Waals surface area contributed by atoms with Gasteiger partial charge in [0, 0.05) is 138 Å². The summed E-state index contributed by atoms with van der Waals surface area (Å²) >= 11 is 0. The van der Waals surface area contributed by atoms with Crippen molar-refractivity contribution in [1.82, 2.24) is 34.6 Å². The largest absolute Gasteiger partial charge is 0.743 e. The minimum Gasteiger partial charge on any atom is -0.743 e. The zero-order valence-electron chi connectivity index (χ0n) is 66.0. The number of aliphatic hydroxyl groups excluding tert-OH is 7. The Morgan fingerprint density at radius 3 is 1.01 bits per heavy atom. The summed E-state index contributed by atoms with van der Waals surface area (Å²) in [4.78, 5) is 50.5. The van der Waals surface area contributed by atoms with E-state index in [1.807, 2.05) is 43.3 Å². The number of halogens is 9. The van der Waals surface area contributed by atoms with E-state index in [1.54, 1.807) is 62.3 Å². The molecule has 1 aromatic heterocycles. The van der Waals surface area contributed by atoms with Gasteiger partial charge in [-0.1, -0.05) is 12.1 Å². The number of phenolic OH excluding ortho intramolecular Hbond substituents is 3. The first-order valence-electron chi connectivity index (χ1n) is 35.2. The summed E-state index contributed by atoms with van der Waals surface area (Å²) in [6.07, 6.45) is -7.91. The van der Waals surface area contributed by atoms with Crippen LogP contribution < -0.4 is 19.6 Å². The number of aromatic nitrogens is 3. The van der Waals surface area contributed by atoms with Gasteiger partial charge in [-0.15, -0.1) is 0 Å². The number of nitrogens with one attached hydrogen (secondary N) is 1. The van der Waals surface area contributed by atoms with Gasteiger partial charge in [0.25, 0.3) is 0 Å². The number of ether oxygens (including phenoxy) is 9. The molecule has 4 amide bonds. The first-order valence-corrected chi connectivity index (χ1v) is 36.6. The summed E-state index contributed by atoms with van der Waals surface area (Å²) in [5.41, 5.74) is 4.80. The third-order valence-corrected chi connectivity index (χ3v) is 18.5. The molecule has 0 radical (unpaired) electrons. The van der Waals surface area contributed by atoms with Crippen LogP contribution in [0.25, 0.3) is 0 Å². The molecule has 0 atom stereocenters. The van der Waals surface area contributed by atoms with Crippen molar-refractivity contribution in [2.24, 2.45) is 0 Å². The molecule has 4 aromatic rings. The van der Waals surface area contributed by atoms with E-state index in [0.717, 1.165) is 16.7 Å². The first kappa shape index (κ1) is 103. The van der Waals surface area contributed by atoms with Crippen molar-refractivity contribution in [2.45, 2.75) is 108 Å². The van der Waals surface area contributed by atoms with Crippen LogP contribution in [-0.4, -0.2) is 343 Å². The topological polar surface area (TPSA) is 443 Å². The number of urea groups is 2. The van der Waals surface area contributed by atoms with Crippen LogP contribution in [-0.2, 0) is 97.4 Å². The van der Waals surface area contributed by atoms with E-state index in [2.05, 4.69) is 35.7 Å². The fourth-order valence-corrected chi connectivity index (χ4v) is 12.3. The van der Waals surface area contributed by atoms with Crippen LogP contribution in [0.2, 0.25) is 0 Å². The maximum Gasteiger partial charge on any atom is 0.460 e. The number of amides is 4. The lowest BCUT2D eigenvalue weighted by Crippen LogP contribution is -3.11. The van der Waals surface area contributed by atoms with Crippen LogP contribution in [0.3, 0.4) is 0 Å². The Morgan fingerprint density at radius 2 is 0.737 bits per heavy atom. The fourth-order valence-electron chi connectivity index (χ4n) is 11.9. The van der Waals surface area contributed by atoms with E-state index in [4.69, 9.17) is 42.6 Å². The van der Waals surface area contributed by atoms with Gasteiger partial charge in [-0.05, 0) is 92.6 Å². The molecule has 654 valence electrons. The molecule has 35 nitrogen and oxygen atoms in total. The lowest BCUT2D eigenvalue weighted by Gasteiger charge is -2.35. The molecule has 2 fully saturated rings. The van der Waals surface area contributed by atoms with Gasteiger partial charge >= 0.3 is 35.3 Å². The molecule has 6 rings (SSSR count). The summed E-state index contributed by atoms with van der Waals surface area (Å²) in [5, 5.41) is 91.7. The summed E-state index contributed by atoms with van der Waals surface area (Å²) in [6.45, 7) is 13.5. The maximum absolute atomic E-state index is 12.5. The number of hydrogen-bond acceptors (Lipinski definition) is 30. The van der Waals surface area contributed by atoms with Gasteiger partial charge in [0.1, 0.15) is 57.1 Å². The zero-order valence-corrected chi connectivity index (χ0v) is 66.8. The van der Waals surface area contributed by atoms with Crippen molar-refractivity contribution < 1.29 is 161 Å². The van der Waals surface area contributed by atoms with Gasteiger partial charge in [-0.2, -0.15) is 54.5 Å². The first-order chi connectivity index (χ1) is 53.8. The van der Waals surface area contributed by atoms with Gasteiger partial charge in [0.2, 0.25) is 17.8 Å². The summed E-state index contributed by atoms with van der Waals surface area (Å²) in [7, 11) is 6.32. The molecule has 0 saturated carbocycles. The van der Waals surface area contributed by atoms with E-state index in [0.29, 0.717) is 39.3 Å². The number of phenols is 3. The minimum absolute atomic E-state index is 0.0163. The molecule has 3 aromatic carbocycles. The number of hydrogen-bond donors (Lipinski definition) is 11. The van der Waals surface area contributed by atoms with Gasteiger partial charge in [0.15, 0.2) is 16.3 Å². The molecule has 0 spiro atoms. The molecule has 0 bridgehead atoms. The second-order valence-corrected chi connectivity index (χ2v) is 26.5. The third-order valence-electron chi connectivity index (χ3n) is 17.6. The molecule has 114 heavy (non-hydrogen) atoms. The van der Waals surface area contributed by atoms with Gasteiger partial charge in [0.05, 0.1) is 79.1 Å². The normalized spacial score (nSPS) is 14.6. The number of aromatic hydroxyl groups is 3. The second kappa shape index (κ2) is 49.0. The maximum atomic E-state index is 12.5. The SMILES string of the molecule is CC[NH+](CC)CC.COCN(CCO)c1nc(N(CCO)CCO)nc(N(COC)COC)n1.COCN1C(=O)N(CCO)C2C1N(COC)C(=O)N2CCO.COCc1cc(C(C)(c2cc(CCO)c(O)c(CCO)c2)c2cc(COC)c(O)c(COC)c2)cc(COC)c1O.O=S(=O)([O-])C(F)(F)C(F)(F)C(F)(F)C(F)(F)F. The van der Waals surface area contributed by atoms with Crippen molar-refractivity contribution in [2.75, 3.05) is 211 Å². The van der Waals surface area contributed by atoms with E-state index in [1.165, 1.54) is 60.6 Å². The molecule has 45 heteroatoms. The molecule has 2 saturated heterocycles. The lowest BCUT2D eigenvalue weighted by atomic mass is 9.68. The Labute approximate surface area is 655 Å². The standard InChI is InChI=1S/C32H42O9.C15H30N6O6.C12H22N4O6.C6H15N.C4HF9O3S/c1-32(26-10-20(6-8-33)29(35)21(11-26)7-9-34,27-12-22(16-38-2)30(36)23(13-27)17-39-3)28-14-24(18-40-4)31(37)25(15-28)19-41-5;1-25-10-20(6-9-24)14-16-13(19(4-7-22)5-8-23)17-15(18-14)21(11-26-2)12-27-3;1-21-7-15-10-9(13(3-5-17)11(15)19)14(4-6-18)12(20)16(10)8-22-2;1-4-7(5-2)6-3;5-1(6,3(9,10)11)2(7,8)4(12,13)17(14,15)16/h10-15,33-37H,6-9,16-19H2,1-5H3;22-24H,4-12H2,1-3H3;9-10,17-18H,3-8H2,1-2H3;4-6H2,1-3H3;(H,14,15,16). The Morgan fingerprint density at radius 1 is 0.439 bits per heavy atom. The van der Waals surface area contributed by atoms with Crippen LogP contribution in [0.1, 0.15) is 77.8 Å². The summed E-state index contributed by atoms with van der Waals surface area (Å²) < 4.78 is 183. The highest BCUT2D eigenvalue weighted by Crippen LogP contribution is 2.55. The Hall–Kier alpha value is -7.39. The highest BCUT2D eigenvalue weighted by atomic mass is 32.2. The number of benzene rings is 3. The average Bonchev–Trinajstić information content (AvgIpc) is 0.906. The number of quaternary nitrogens is 1. The Bertz CT molecular complexity index is 3230. The quantitative estimate of drug-likeness (QED) is 0.0131. The van der Waals surface area contributed by atoms with Gasteiger partial charge in [-0.25, -0.2) is 18.0 Å². The Balaban J connectivity index is 0.000000525. The molecular weight excluding hydrogens is 1570 g/mol. The molecule has 2 aliphatic heterocycles. The molecule has 2 aliphatic rings. The number of alkyl halides is 9. The van der Waals surface area contributed by atoms with Crippen molar-refractivity contribution in [3.05, 3.63) is 86.5 Å². The van der Waals surface area contributed by atoms with Crippen LogP contribution >= 0.6 is 0 Å². The number of methoxy groups -OCH3 is 9. The van der Waals surface area contributed by atoms with Crippen molar-refractivity contribution in [3.63, 3.8) is 0 Å². The Kier molecular flexibility index (Phi) is 44.1. The number of rotatable bonds is 44. The lowest BCUT2D eigenvalue weighted by molar-refractivity contribution is -0.894. The van der Waals surface area contributed by atoms with E-state index >= 15 is 0 Å². The predicted molar refractivity (Wildman–Crippen MR) is 390 cm³/mol. The van der Waals surface area contributed by atoms with Gasteiger partial charge in [-0.3, -0.25) is 24.5 Å². The zero-order chi connectivity index (χ0) is 86.7. The third kappa shape index (κ3) is 25.8. The summed E-state index contributed by atoms with van der Waals surface area (Å²) in [6, 6.07) is 10.5. The molecule has 0 aliphatic carbocycles. The van der Waals surface area contributed by atoms with Crippen LogP contribution in [0, 0.1) is 0 Å². The van der Waals surface area contributed by atoms with Crippen LogP contribution in [0.4, 0.5) is 66.9 Å². The minimum atomic E-state index is -7.43. The monoisotopic (exact) mass is 1680 g/mol. The smallest absolute Gasteiger partial charge is 0.460 e. The number of carbonyl (C=O) groups excluding carboxylic acids is 2. The number of fused-ring (bicyclic) bond motifs is 1. The predicted octanol–water partition coefficient (Wildman–Crippen LogP) is 2.09. The molecular formula is C69H110F9N11O24S. The summed E-state index contributed by atoms with van der Waals surface area (Å²) in [5.74, 6) is -13.8. The van der Waals surface area contributed by atoms with Crippen molar-refractivity contribution >= 4 is 40.0 Å². The highest BCUT2D eigenvalue weighted by Gasteiger charge is 2.84. The van der Waals surface area contributed by atoms with Crippen molar-refractivity contribution in [1.29, 1.82) is 0 Å². The molecule has 0 unspecified atom stereocenters. The number of β-amino-alcohol motifs (C(OH)–C–C–N with tert-alkyl or cyclic N) is 2.